The van der Waals surface area contributed by atoms with Crippen LogP contribution in [0.5, 0.6) is 11.5 Å². The van der Waals surface area contributed by atoms with Crippen molar-refractivity contribution in [2.45, 2.75) is 71.8 Å². The predicted octanol–water partition coefficient (Wildman–Crippen LogP) is 6.34. The molecule has 24 heavy (non-hydrogen) atoms. The fourth-order valence-electron chi connectivity index (χ4n) is 3.12. The van der Waals surface area contributed by atoms with Crippen LogP contribution in [0.3, 0.4) is 0 Å². The summed E-state index contributed by atoms with van der Waals surface area (Å²) in [6, 6.07) is 4.37. The third kappa shape index (κ3) is 4.90. The van der Waals surface area contributed by atoms with E-state index >= 15 is 0 Å². The standard InChI is InChI=1S/C22H32O2/c1-6-7-8-11-18-15-20(23-5)19-12-14-22(4,24-21(19)16-18)13-9-10-17(2)3/h10,12,14-16H,6-9,11,13H2,1-5H3. The molecule has 0 spiro atoms. The van der Waals surface area contributed by atoms with Gasteiger partial charge in [-0.3, -0.25) is 0 Å². The highest BCUT2D eigenvalue weighted by atomic mass is 16.5. The molecule has 0 aromatic heterocycles. The van der Waals surface area contributed by atoms with E-state index in [0.717, 1.165) is 36.3 Å². The molecule has 0 N–H and O–H groups in total. The molecule has 0 amide bonds. The molecule has 1 aliphatic rings. The first kappa shape index (κ1) is 18.6. The lowest BCUT2D eigenvalue weighted by molar-refractivity contribution is 0.128. The van der Waals surface area contributed by atoms with Gasteiger partial charge in [0.05, 0.1) is 12.7 Å². The topological polar surface area (TPSA) is 18.5 Å². The lowest BCUT2D eigenvalue weighted by atomic mass is 9.93. The molecule has 132 valence electrons. The molecular weight excluding hydrogens is 296 g/mol. The SMILES string of the molecule is CCCCCc1cc(OC)c2c(c1)OC(C)(CCC=C(C)C)C=C2. The number of hydrogen-bond acceptors (Lipinski definition) is 2. The van der Waals surface area contributed by atoms with E-state index in [0.29, 0.717) is 0 Å². The Hall–Kier alpha value is -1.70. The van der Waals surface area contributed by atoms with E-state index in [-0.39, 0.29) is 5.60 Å². The maximum atomic E-state index is 6.39. The molecule has 0 saturated carbocycles. The van der Waals surface area contributed by atoms with Crippen LogP contribution in [0.1, 0.15) is 70.9 Å². The maximum Gasteiger partial charge on any atom is 0.131 e. The van der Waals surface area contributed by atoms with Crippen LogP contribution in [-0.4, -0.2) is 12.7 Å². The predicted molar refractivity (Wildman–Crippen MR) is 103 cm³/mol. The molecule has 0 bridgehead atoms. The number of rotatable bonds is 8. The Morgan fingerprint density at radius 3 is 2.71 bits per heavy atom. The summed E-state index contributed by atoms with van der Waals surface area (Å²) in [6.45, 7) is 8.69. The molecule has 0 radical (unpaired) electrons. The number of methoxy groups -OCH3 is 1. The van der Waals surface area contributed by atoms with Crippen molar-refractivity contribution in [3.8, 4) is 11.5 Å². The van der Waals surface area contributed by atoms with Crippen molar-refractivity contribution >= 4 is 6.08 Å². The minimum absolute atomic E-state index is 0.244. The quantitative estimate of drug-likeness (QED) is 0.409. The van der Waals surface area contributed by atoms with Gasteiger partial charge in [-0.2, -0.15) is 0 Å². The lowest BCUT2D eigenvalue weighted by Gasteiger charge is -2.32. The van der Waals surface area contributed by atoms with Gasteiger partial charge in [0, 0.05) is 0 Å². The molecule has 1 unspecified atom stereocenters. The van der Waals surface area contributed by atoms with Gasteiger partial charge in [-0.25, -0.2) is 0 Å². The maximum absolute atomic E-state index is 6.39. The number of benzene rings is 1. The summed E-state index contributed by atoms with van der Waals surface area (Å²) >= 11 is 0. The zero-order chi connectivity index (χ0) is 17.6. The van der Waals surface area contributed by atoms with E-state index in [2.05, 4.69) is 58.1 Å². The normalized spacial score (nSPS) is 18.7. The molecule has 2 rings (SSSR count). The van der Waals surface area contributed by atoms with E-state index in [1.54, 1.807) is 7.11 Å². The Morgan fingerprint density at radius 1 is 1.25 bits per heavy atom. The van der Waals surface area contributed by atoms with Crippen molar-refractivity contribution in [1.29, 1.82) is 0 Å². The van der Waals surface area contributed by atoms with Crippen LogP contribution in [0.15, 0.2) is 29.9 Å². The van der Waals surface area contributed by atoms with Crippen LogP contribution < -0.4 is 9.47 Å². The van der Waals surface area contributed by atoms with Gasteiger partial charge in [0.25, 0.3) is 0 Å². The Bertz CT molecular complexity index is 609. The summed E-state index contributed by atoms with van der Waals surface area (Å²) in [5.41, 5.74) is 3.49. The number of hydrogen-bond donors (Lipinski definition) is 0. The van der Waals surface area contributed by atoms with E-state index in [1.807, 2.05) is 0 Å². The van der Waals surface area contributed by atoms with Crippen molar-refractivity contribution in [2.24, 2.45) is 0 Å². The van der Waals surface area contributed by atoms with Crippen LogP contribution in [-0.2, 0) is 6.42 Å². The van der Waals surface area contributed by atoms with Gasteiger partial charge in [0.15, 0.2) is 0 Å². The average Bonchev–Trinajstić information content (AvgIpc) is 2.53. The third-order valence-corrected chi connectivity index (χ3v) is 4.59. The van der Waals surface area contributed by atoms with Crippen molar-refractivity contribution in [1.82, 2.24) is 0 Å². The summed E-state index contributed by atoms with van der Waals surface area (Å²) in [7, 11) is 1.74. The molecule has 0 saturated heterocycles. The minimum Gasteiger partial charge on any atom is -0.496 e. The fourth-order valence-corrected chi connectivity index (χ4v) is 3.12. The molecule has 1 heterocycles. The first-order valence-electron chi connectivity index (χ1n) is 9.20. The van der Waals surface area contributed by atoms with Crippen LogP contribution in [0.4, 0.5) is 0 Å². The first-order chi connectivity index (χ1) is 11.5. The Labute approximate surface area is 147 Å². The highest BCUT2D eigenvalue weighted by Crippen LogP contribution is 2.39. The summed E-state index contributed by atoms with van der Waals surface area (Å²) in [5.74, 6) is 1.88. The minimum atomic E-state index is -0.244. The Morgan fingerprint density at radius 2 is 2.04 bits per heavy atom. The molecule has 2 nitrogen and oxygen atoms in total. The van der Waals surface area contributed by atoms with Crippen LogP contribution >= 0.6 is 0 Å². The molecule has 0 aliphatic carbocycles. The largest absolute Gasteiger partial charge is 0.496 e. The fraction of sp³-hybridized carbons (Fsp3) is 0.545. The molecule has 1 aliphatic heterocycles. The molecule has 1 aromatic carbocycles. The van der Waals surface area contributed by atoms with Gasteiger partial charge >= 0.3 is 0 Å². The smallest absolute Gasteiger partial charge is 0.131 e. The summed E-state index contributed by atoms with van der Waals surface area (Å²) in [6.07, 6.45) is 13.4. The van der Waals surface area contributed by atoms with E-state index in [1.165, 1.54) is 30.4 Å². The molecule has 2 heteroatoms. The van der Waals surface area contributed by atoms with Gasteiger partial charge in [-0.15, -0.1) is 0 Å². The van der Waals surface area contributed by atoms with Gasteiger partial charge < -0.3 is 9.47 Å². The van der Waals surface area contributed by atoms with Crippen LogP contribution in [0, 0.1) is 0 Å². The average molecular weight is 328 g/mol. The van der Waals surface area contributed by atoms with Crippen LogP contribution in [0.2, 0.25) is 0 Å². The number of ether oxygens (including phenoxy) is 2. The molecule has 1 aromatic rings. The number of aryl methyl sites for hydroxylation is 1. The van der Waals surface area contributed by atoms with E-state index in [4.69, 9.17) is 9.47 Å². The number of unbranched alkanes of at least 4 members (excludes halogenated alkanes) is 2. The summed E-state index contributed by atoms with van der Waals surface area (Å²) in [5, 5.41) is 0. The molecule has 0 fully saturated rings. The van der Waals surface area contributed by atoms with Gasteiger partial charge in [0.2, 0.25) is 0 Å². The highest BCUT2D eigenvalue weighted by molar-refractivity contribution is 5.68. The third-order valence-electron chi connectivity index (χ3n) is 4.59. The monoisotopic (exact) mass is 328 g/mol. The van der Waals surface area contributed by atoms with Crippen LogP contribution in [0.25, 0.3) is 6.08 Å². The second-order valence-electron chi connectivity index (χ2n) is 7.24. The Kier molecular flexibility index (Phi) is 6.53. The van der Waals surface area contributed by atoms with Crippen molar-refractivity contribution in [3.63, 3.8) is 0 Å². The molecular formula is C22H32O2. The van der Waals surface area contributed by atoms with Gasteiger partial charge in [0.1, 0.15) is 17.1 Å². The second kappa shape index (κ2) is 8.41. The zero-order valence-corrected chi connectivity index (χ0v) is 15.9. The zero-order valence-electron chi connectivity index (χ0n) is 15.9. The Balaban J connectivity index is 2.19. The van der Waals surface area contributed by atoms with Gasteiger partial charge in [-0.05, 0) is 76.3 Å². The first-order valence-corrected chi connectivity index (χ1v) is 9.20. The number of fused-ring (bicyclic) bond motifs is 1. The number of allylic oxidation sites excluding steroid dienone is 2. The second-order valence-corrected chi connectivity index (χ2v) is 7.24. The van der Waals surface area contributed by atoms with Crippen molar-refractivity contribution in [3.05, 3.63) is 41.0 Å². The van der Waals surface area contributed by atoms with Crippen molar-refractivity contribution < 1.29 is 9.47 Å². The summed E-state index contributed by atoms with van der Waals surface area (Å²) < 4.78 is 12.0. The van der Waals surface area contributed by atoms with E-state index < -0.39 is 0 Å². The molecule has 1 atom stereocenters. The van der Waals surface area contributed by atoms with Crippen molar-refractivity contribution in [2.75, 3.05) is 7.11 Å². The highest BCUT2D eigenvalue weighted by Gasteiger charge is 2.28. The lowest BCUT2D eigenvalue weighted by Crippen LogP contribution is -2.31. The summed E-state index contributed by atoms with van der Waals surface area (Å²) in [4.78, 5) is 0. The van der Waals surface area contributed by atoms with E-state index in [9.17, 15) is 0 Å². The van der Waals surface area contributed by atoms with Gasteiger partial charge in [-0.1, -0.05) is 31.4 Å².